The summed E-state index contributed by atoms with van der Waals surface area (Å²) in [6.45, 7) is 0. The molecule has 0 atom stereocenters. The van der Waals surface area contributed by atoms with Crippen molar-refractivity contribution in [3.63, 3.8) is 0 Å². The number of rotatable bonds is 5. The van der Waals surface area contributed by atoms with E-state index in [1.165, 1.54) is 27.8 Å². The lowest BCUT2D eigenvalue weighted by Gasteiger charge is -2.16. The third-order valence-corrected chi connectivity index (χ3v) is 10.3. The van der Waals surface area contributed by atoms with Crippen LogP contribution in [0.5, 0.6) is 0 Å². The highest BCUT2D eigenvalue weighted by atomic mass is 15.2. The van der Waals surface area contributed by atoms with Crippen molar-refractivity contribution in [1.29, 1.82) is 0 Å². The van der Waals surface area contributed by atoms with Crippen molar-refractivity contribution in [2.24, 2.45) is 0 Å². The van der Waals surface area contributed by atoms with Gasteiger partial charge in [0.2, 0.25) is 5.95 Å². The predicted molar refractivity (Wildman–Crippen MR) is 215 cm³/mol. The first-order valence-corrected chi connectivity index (χ1v) is 18.0. The third-order valence-electron chi connectivity index (χ3n) is 10.3. The number of para-hydroxylation sites is 1. The molecular weight excluding hydrogens is 645 g/mol. The number of benzene rings is 7. The molecule has 0 aliphatic heterocycles. The molecule has 7 aromatic carbocycles. The fourth-order valence-corrected chi connectivity index (χ4v) is 7.82. The third kappa shape index (κ3) is 5.47. The number of aromatic nitrogens is 4. The van der Waals surface area contributed by atoms with Crippen molar-refractivity contribution < 1.29 is 0 Å². The van der Waals surface area contributed by atoms with Gasteiger partial charge in [-0.3, -0.25) is 4.57 Å². The summed E-state index contributed by atoms with van der Waals surface area (Å²) in [5, 5.41) is 2.23. The van der Waals surface area contributed by atoms with E-state index in [0.29, 0.717) is 17.6 Å². The molecule has 0 saturated carbocycles. The molecule has 53 heavy (non-hydrogen) atoms. The fraction of sp³-hybridized carbons (Fsp3) is 0.0408. The average Bonchev–Trinajstić information content (AvgIpc) is 3.73. The molecule has 0 spiro atoms. The van der Waals surface area contributed by atoms with Gasteiger partial charge in [-0.15, -0.1) is 0 Å². The monoisotopic (exact) mass is 676 g/mol. The van der Waals surface area contributed by atoms with Gasteiger partial charge in [0.15, 0.2) is 11.6 Å². The van der Waals surface area contributed by atoms with Gasteiger partial charge in [0.25, 0.3) is 0 Å². The van der Waals surface area contributed by atoms with Crippen LogP contribution in [0.1, 0.15) is 33.7 Å². The smallest absolute Gasteiger partial charge is 0.238 e. The summed E-state index contributed by atoms with van der Waals surface area (Å²) < 4.78 is 2.21. The van der Waals surface area contributed by atoms with E-state index < -0.39 is 0 Å². The number of hydrogen-bond acceptors (Lipinski definition) is 3. The zero-order valence-electron chi connectivity index (χ0n) is 28.8. The van der Waals surface area contributed by atoms with E-state index in [9.17, 15) is 0 Å². The molecule has 1 aliphatic carbocycles. The Morgan fingerprint density at radius 2 is 1.02 bits per heavy atom. The lowest BCUT2D eigenvalue weighted by molar-refractivity contribution is 0.825. The summed E-state index contributed by atoms with van der Waals surface area (Å²) in [5.41, 5.74) is 12.5. The Bertz CT molecular complexity index is 2760. The van der Waals surface area contributed by atoms with Gasteiger partial charge in [-0.1, -0.05) is 157 Å². The van der Waals surface area contributed by atoms with E-state index in [1.54, 1.807) is 0 Å². The maximum absolute atomic E-state index is 5.18. The molecule has 0 fully saturated rings. The van der Waals surface area contributed by atoms with Crippen LogP contribution in [0.25, 0.3) is 61.7 Å². The molecule has 10 rings (SSSR count). The standard InChI is InChI=1S/C49H32N4/c1-4-16-33(17-5-1)28-29-36-30-44-42-26-14-15-27-45(42)53(49-51-47(34-18-6-2-7-19-34)50-48(52-49)35-20-8-3-9-21-35)46(44)32-37(36)31-43-40-24-12-10-22-38(40)39-23-11-13-25-41(39)43/h1-27,30,32,43H,31H2. The normalized spacial score (nSPS) is 12.0. The predicted octanol–water partition coefficient (Wildman–Crippen LogP) is 11.1. The fourth-order valence-electron chi connectivity index (χ4n) is 7.82. The Hall–Kier alpha value is -7.09. The highest BCUT2D eigenvalue weighted by Crippen LogP contribution is 2.47. The SMILES string of the molecule is C(#Cc1cc2c3ccccc3n(-c3nc(-c4ccccc4)nc(-c4ccccc4)n3)c2cc1CC1c2ccccc2-c2ccccc21)c1ccccc1. The van der Waals surface area contributed by atoms with Gasteiger partial charge in [0, 0.05) is 38.9 Å². The second-order valence-corrected chi connectivity index (χ2v) is 13.4. The van der Waals surface area contributed by atoms with Crippen LogP contribution in [0, 0.1) is 11.8 Å². The van der Waals surface area contributed by atoms with Crippen LogP contribution in [-0.4, -0.2) is 19.5 Å². The molecular formula is C49H32N4. The molecule has 0 amide bonds. The van der Waals surface area contributed by atoms with Crippen LogP contribution < -0.4 is 0 Å². The number of fused-ring (bicyclic) bond motifs is 6. The molecule has 1 aliphatic rings. The zero-order valence-corrected chi connectivity index (χ0v) is 28.8. The molecule has 0 unspecified atom stereocenters. The summed E-state index contributed by atoms with van der Waals surface area (Å²) in [4.78, 5) is 15.3. The van der Waals surface area contributed by atoms with Gasteiger partial charge in [0.1, 0.15) is 0 Å². The Balaban J connectivity index is 1.23. The molecule has 0 bridgehead atoms. The summed E-state index contributed by atoms with van der Waals surface area (Å²) in [7, 11) is 0. The lowest BCUT2D eigenvalue weighted by atomic mass is 9.87. The molecule has 9 aromatic rings. The average molecular weight is 677 g/mol. The van der Waals surface area contributed by atoms with Gasteiger partial charge in [-0.2, -0.15) is 9.97 Å². The van der Waals surface area contributed by atoms with Crippen molar-refractivity contribution in [3.8, 4) is 51.7 Å². The lowest BCUT2D eigenvalue weighted by Crippen LogP contribution is -2.07. The molecule has 2 aromatic heterocycles. The van der Waals surface area contributed by atoms with E-state index in [2.05, 4.69) is 113 Å². The van der Waals surface area contributed by atoms with E-state index >= 15 is 0 Å². The molecule has 0 radical (unpaired) electrons. The van der Waals surface area contributed by atoms with Gasteiger partial charge in [-0.05, 0) is 64.6 Å². The Morgan fingerprint density at radius 1 is 0.472 bits per heavy atom. The van der Waals surface area contributed by atoms with Gasteiger partial charge >= 0.3 is 0 Å². The maximum atomic E-state index is 5.18. The number of nitrogens with zero attached hydrogens (tertiary/aromatic N) is 4. The Morgan fingerprint density at radius 3 is 1.66 bits per heavy atom. The van der Waals surface area contributed by atoms with Gasteiger partial charge in [0.05, 0.1) is 11.0 Å². The summed E-state index contributed by atoms with van der Waals surface area (Å²) in [6, 6.07) is 61.3. The zero-order chi connectivity index (χ0) is 35.1. The van der Waals surface area contributed by atoms with Crippen LogP contribution in [0.15, 0.2) is 176 Å². The first kappa shape index (κ1) is 30.7. The molecule has 4 nitrogen and oxygen atoms in total. The summed E-state index contributed by atoms with van der Waals surface area (Å²) in [5.74, 6) is 9.13. The molecule has 0 N–H and O–H groups in total. The van der Waals surface area contributed by atoms with Gasteiger partial charge in [-0.25, -0.2) is 4.98 Å². The van der Waals surface area contributed by atoms with E-state index in [0.717, 1.165) is 50.5 Å². The van der Waals surface area contributed by atoms with Crippen molar-refractivity contribution in [2.75, 3.05) is 0 Å². The van der Waals surface area contributed by atoms with E-state index in [1.807, 2.05) is 78.9 Å². The molecule has 248 valence electrons. The minimum Gasteiger partial charge on any atom is -0.278 e. The van der Waals surface area contributed by atoms with Crippen molar-refractivity contribution in [3.05, 3.63) is 204 Å². The van der Waals surface area contributed by atoms with Crippen LogP contribution in [-0.2, 0) is 6.42 Å². The Labute approximate surface area is 308 Å². The molecule has 0 saturated heterocycles. The number of hydrogen-bond donors (Lipinski definition) is 0. The Kier molecular flexibility index (Phi) is 7.48. The molecule has 2 heterocycles. The van der Waals surface area contributed by atoms with Crippen molar-refractivity contribution in [2.45, 2.75) is 12.3 Å². The van der Waals surface area contributed by atoms with Crippen molar-refractivity contribution in [1.82, 2.24) is 19.5 Å². The van der Waals surface area contributed by atoms with Crippen molar-refractivity contribution >= 4 is 21.8 Å². The summed E-state index contributed by atoms with van der Waals surface area (Å²) in [6.07, 6.45) is 0.798. The minimum atomic E-state index is 0.196. The highest BCUT2D eigenvalue weighted by molar-refractivity contribution is 6.09. The second kappa shape index (κ2) is 12.9. The summed E-state index contributed by atoms with van der Waals surface area (Å²) >= 11 is 0. The topological polar surface area (TPSA) is 43.6 Å². The van der Waals surface area contributed by atoms with Crippen LogP contribution in [0.4, 0.5) is 0 Å². The maximum Gasteiger partial charge on any atom is 0.238 e. The first-order chi connectivity index (χ1) is 26.3. The minimum absolute atomic E-state index is 0.196. The van der Waals surface area contributed by atoms with E-state index in [-0.39, 0.29) is 5.92 Å². The van der Waals surface area contributed by atoms with E-state index in [4.69, 9.17) is 15.0 Å². The molecule has 4 heteroatoms. The highest BCUT2D eigenvalue weighted by Gasteiger charge is 2.29. The van der Waals surface area contributed by atoms with Gasteiger partial charge < -0.3 is 0 Å². The second-order valence-electron chi connectivity index (χ2n) is 13.4. The van der Waals surface area contributed by atoms with Crippen LogP contribution in [0.3, 0.4) is 0 Å². The quantitative estimate of drug-likeness (QED) is 0.170. The van der Waals surface area contributed by atoms with Crippen LogP contribution >= 0.6 is 0 Å². The first-order valence-electron chi connectivity index (χ1n) is 18.0. The largest absolute Gasteiger partial charge is 0.278 e. The van der Waals surface area contributed by atoms with Crippen LogP contribution in [0.2, 0.25) is 0 Å².